The van der Waals surface area contributed by atoms with Gasteiger partial charge >= 0.3 is 11.8 Å². The Balaban J connectivity index is 1.22. The third kappa shape index (κ3) is 4.37. The lowest BCUT2D eigenvalue weighted by atomic mass is 10.00. The first-order valence-electron chi connectivity index (χ1n) is 12.0. The molecule has 1 atom stereocenters. The summed E-state index contributed by atoms with van der Waals surface area (Å²) >= 11 is 0. The highest BCUT2D eigenvalue weighted by molar-refractivity contribution is 5.91. The fourth-order valence-corrected chi connectivity index (χ4v) is 4.78. The number of nitrogens with zero attached hydrogens (tertiary/aromatic N) is 3. The van der Waals surface area contributed by atoms with E-state index in [4.69, 9.17) is 13.4 Å². The monoisotopic (exact) mass is 462 g/mol. The Morgan fingerprint density at radius 1 is 1.15 bits per heavy atom. The predicted molar refractivity (Wildman–Crippen MR) is 127 cm³/mol. The molecular weight excluding hydrogens is 432 g/mol. The summed E-state index contributed by atoms with van der Waals surface area (Å²) in [6.07, 6.45) is 4.94. The number of para-hydroxylation sites is 1. The van der Waals surface area contributed by atoms with E-state index >= 15 is 0 Å². The number of carbonyl (C=O) groups is 1. The quantitative estimate of drug-likeness (QED) is 0.393. The standard InChI is InChI=1S/C26H30N4O4/c1-4-18-9-5-6-13-30(18)15-20-12-11-19(32-20)14-27-25(31)26-28-24(29-34-26)23-17(3)21-10-7-8-16(2)22(21)33-23/h7-8,10-12,18H,4-6,9,13-15H2,1-3H3,(H,27,31)/t18-/m0/s1. The summed E-state index contributed by atoms with van der Waals surface area (Å²) in [6, 6.07) is 10.5. The Morgan fingerprint density at radius 3 is 2.82 bits per heavy atom. The molecule has 5 rings (SSSR count). The molecule has 8 nitrogen and oxygen atoms in total. The van der Waals surface area contributed by atoms with Crippen molar-refractivity contribution in [3.63, 3.8) is 0 Å². The Kier molecular flexibility index (Phi) is 6.24. The summed E-state index contributed by atoms with van der Waals surface area (Å²) in [6.45, 7) is 8.32. The Labute approximate surface area is 198 Å². The number of fused-ring (bicyclic) bond motifs is 1. The molecule has 1 aliphatic rings. The van der Waals surface area contributed by atoms with Gasteiger partial charge in [0, 0.05) is 17.0 Å². The number of furan rings is 2. The first-order valence-corrected chi connectivity index (χ1v) is 12.0. The highest BCUT2D eigenvalue weighted by Gasteiger charge is 2.23. The number of rotatable bonds is 7. The SMILES string of the molecule is CC[C@H]1CCCCN1Cc1ccc(CNC(=O)c2nc(-c3oc4c(C)cccc4c3C)no2)o1. The molecule has 4 heterocycles. The summed E-state index contributed by atoms with van der Waals surface area (Å²) in [5.74, 6) is 1.80. The Bertz CT molecular complexity index is 1300. The maximum Gasteiger partial charge on any atom is 0.316 e. The van der Waals surface area contributed by atoms with E-state index in [-0.39, 0.29) is 18.3 Å². The molecule has 1 fully saturated rings. The van der Waals surface area contributed by atoms with Crippen molar-refractivity contribution in [2.45, 2.75) is 65.6 Å². The van der Waals surface area contributed by atoms with Crippen LogP contribution in [0, 0.1) is 13.8 Å². The van der Waals surface area contributed by atoms with E-state index in [1.165, 1.54) is 19.3 Å². The summed E-state index contributed by atoms with van der Waals surface area (Å²) in [4.78, 5) is 19.3. The first kappa shape index (κ1) is 22.4. The number of carbonyl (C=O) groups excluding carboxylic acids is 1. The van der Waals surface area contributed by atoms with Crippen LogP contribution in [0.15, 0.2) is 43.7 Å². The van der Waals surface area contributed by atoms with Gasteiger partial charge in [-0.1, -0.05) is 36.7 Å². The second kappa shape index (κ2) is 9.46. The van der Waals surface area contributed by atoms with E-state index in [9.17, 15) is 4.79 Å². The Morgan fingerprint density at radius 2 is 2.00 bits per heavy atom. The van der Waals surface area contributed by atoms with Crippen LogP contribution in [0.1, 0.15) is 65.9 Å². The number of nitrogens with one attached hydrogen (secondary N) is 1. The average Bonchev–Trinajstić information content (AvgIpc) is 3.58. The van der Waals surface area contributed by atoms with Gasteiger partial charge in [0.05, 0.1) is 13.1 Å². The minimum absolute atomic E-state index is 0.113. The first-order chi connectivity index (χ1) is 16.5. The van der Waals surface area contributed by atoms with E-state index in [1.54, 1.807) is 0 Å². The predicted octanol–water partition coefficient (Wildman–Crippen LogP) is 5.39. The molecular formula is C26H30N4O4. The summed E-state index contributed by atoms with van der Waals surface area (Å²) in [7, 11) is 0. The Hall–Kier alpha value is -3.39. The number of amides is 1. The zero-order chi connectivity index (χ0) is 23.7. The van der Waals surface area contributed by atoms with E-state index in [1.807, 2.05) is 44.2 Å². The van der Waals surface area contributed by atoms with Crippen LogP contribution in [0.4, 0.5) is 0 Å². The number of piperidine rings is 1. The van der Waals surface area contributed by atoms with Gasteiger partial charge in [0.1, 0.15) is 17.1 Å². The topological polar surface area (TPSA) is 97.5 Å². The summed E-state index contributed by atoms with van der Waals surface area (Å²) in [5.41, 5.74) is 2.72. The lowest BCUT2D eigenvalue weighted by Gasteiger charge is -2.34. The highest BCUT2D eigenvalue weighted by atomic mass is 16.5. The number of likely N-dealkylation sites (tertiary alicyclic amines) is 1. The molecule has 0 bridgehead atoms. The average molecular weight is 463 g/mol. The molecule has 34 heavy (non-hydrogen) atoms. The van der Waals surface area contributed by atoms with Gasteiger partial charge in [-0.05, 0) is 57.4 Å². The molecule has 4 aromatic rings. The third-order valence-electron chi connectivity index (χ3n) is 6.70. The zero-order valence-electron chi connectivity index (χ0n) is 19.9. The maximum absolute atomic E-state index is 12.6. The van der Waals surface area contributed by atoms with Crippen LogP contribution in [-0.4, -0.2) is 33.5 Å². The van der Waals surface area contributed by atoms with Gasteiger partial charge in [-0.2, -0.15) is 4.98 Å². The molecule has 1 amide bonds. The van der Waals surface area contributed by atoms with Crippen molar-refractivity contribution < 1.29 is 18.2 Å². The number of aryl methyl sites for hydroxylation is 2. The van der Waals surface area contributed by atoms with Gasteiger partial charge in [-0.3, -0.25) is 9.69 Å². The minimum Gasteiger partial charge on any atom is -0.463 e. The number of benzene rings is 1. The van der Waals surface area contributed by atoms with E-state index in [2.05, 4.69) is 27.3 Å². The van der Waals surface area contributed by atoms with Crippen LogP contribution in [0.5, 0.6) is 0 Å². The molecule has 8 heteroatoms. The molecule has 3 aromatic heterocycles. The molecule has 1 aromatic carbocycles. The molecule has 0 unspecified atom stereocenters. The van der Waals surface area contributed by atoms with Crippen LogP contribution >= 0.6 is 0 Å². The smallest absolute Gasteiger partial charge is 0.316 e. The van der Waals surface area contributed by atoms with Gasteiger partial charge in [-0.25, -0.2) is 0 Å². The van der Waals surface area contributed by atoms with Crippen molar-refractivity contribution >= 4 is 16.9 Å². The van der Waals surface area contributed by atoms with Gasteiger partial charge in [0.2, 0.25) is 5.82 Å². The molecule has 0 radical (unpaired) electrons. The van der Waals surface area contributed by atoms with Crippen LogP contribution in [0.3, 0.4) is 0 Å². The van der Waals surface area contributed by atoms with Crippen molar-refractivity contribution in [3.05, 3.63) is 58.9 Å². The molecule has 1 saturated heterocycles. The van der Waals surface area contributed by atoms with Crippen molar-refractivity contribution in [2.24, 2.45) is 0 Å². The molecule has 1 N–H and O–H groups in total. The summed E-state index contributed by atoms with van der Waals surface area (Å²) in [5, 5.41) is 7.75. The zero-order valence-corrected chi connectivity index (χ0v) is 19.9. The maximum atomic E-state index is 12.6. The van der Waals surface area contributed by atoms with Gasteiger partial charge in [0.25, 0.3) is 0 Å². The number of aromatic nitrogens is 2. The lowest BCUT2D eigenvalue weighted by molar-refractivity contribution is 0.0903. The molecule has 0 aliphatic carbocycles. The van der Waals surface area contributed by atoms with Crippen LogP contribution in [0.2, 0.25) is 0 Å². The normalized spacial score (nSPS) is 16.9. The van der Waals surface area contributed by atoms with E-state index < -0.39 is 5.91 Å². The largest absolute Gasteiger partial charge is 0.463 e. The van der Waals surface area contributed by atoms with Crippen molar-refractivity contribution in [3.8, 4) is 11.6 Å². The van der Waals surface area contributed by atoms with Crippen LogP contribution in [0.25, 0.3) is 22.6 Å². The summed E-state index contributed by atoms with van der Waals surface area (Å²) < 4.78 is 17.2. The van der Waals surface area contributed by atoms with Crippen LogP contribution in [-0.2, 0) is 13.1 Å². The molecule has 0 saturated carbocycles. The lowest BCUT2D eigenvalue weighted by Crippen LogP contribution is -2.38. The molecule has 0 spiro atoms. The van der Waals surface area contributed by atoms with E-state index in [0.29, 0.717) is 17.6 Å². The van der Waals surface area contributed by atoms with E-state index in [0.717, 1.165) is 47.4 Å². The van der Waals surface area contributed by atoms with Crippen LogP contribution < -0.4 is 5.32 Å². The van der Waals surface area contributed by atoms with Crippen molar-refractivity contribution in [1.29, 1.82) is 0 Å². The fraction of sp³-hybridized carbons (Fsp3) is 0.423. The number of hydrogen-bond acceptors (Lipinski definition) is 7. The van der Waals surface area contributed by atoms with Crippen molar-refractivity contribution in [1.82, 2.24) is 20.4 Å². The van der Waals surface area contributed by atoms with Gasteiger partial charge in [0.15, 0.2) is 5.76 Å². The number of hydrogen-bond donors (Lipinski definition) is 1. The van der Waals surface area contributed by atoms with Crippen molar-refractivity contribution in [2.75, 3.05) is 6.54 Å². The third-order valence-corrected chi connectivity index (χ3v) is 6.70. The second-order valence-electron chi connectivity index (χ2n) is 9.01. The second-order valence-corrected chi connectivity index (χ2v) is 9.01. The fourth-order valence-electron chi connectivity index (χ4n) is 4.78. The van der Waals surface area contributed by atoms with Gasteiger partial charge in [-0.15, -0.1) is 0 Å². The highest BCUT2D eigenvalue weighted by Crippen LogP contribution is 2.33. The van der Waals surface area contributed by atoms with Gasteiger partial charge < -0.3 is 18.7 Å². The molecule has 1 aliphatic heterocycles. The minimum atomic E-state index is -0.455. The molecule has 178 valence electrons.